The molecular weight excluding hydrogens is 270 g/mol. The van der Waals surface area contributed by atoms with Crippen molar-refractivity contribution in [2.75, 3.05) is 6.61 Å². The zero-order chi connectivity index (χ0) is 15.0. The fourth-order valence-corrected chi connectivity index (χ4v) is 3.14. The molecule has 2 aromatic rings. The number of carbonyl (C=O) groups excluding carboxylic acids is 1. The number of aromatic amines is 1. The second-order valence-corrected chi connectivity index (χ2v) is 5.25. The second-order valence-electron chi connectivity index (χ2n) is 5.25. The Morgan fingerprint density at radius 3 is 2.95 bits per heavy atom. The highest BCUT2D eigenvalue weighted by Gasteiger charge is 2.31. The molecule has 1 aromatic carbocycles. The number of carboxylic acids is 1. The quantitative estimate of drug-likeness (QED) is 0.851. The van der Waals surface area contributed by atoms with Gasteiger partial charge in [0, 0.05) is 11.1 Å². The van der Waals surface area contributed by atoms with E-state index in [1.54, 1.807) is 19.1 Å². The van der Waals surface area contributed by atoms with E-state index in [1.807, 2.05) is 6.07 Å². The molecule has 110 valence electrons. The maximum Gasteiger partial charge on any atom is 0.337 e. The second kappa shape index (κ2) is 5.24. The lowest BCUT2D eigenvalue weighted by molar-refractivity contribution is -0.145. The number of esters is 1. The average Bonchev–Trinajstić information content (AvgIpc) is 2.85. The van der Waals surface area contributed by atoms with Gasteiger partial charge in [-0.2, -0.15) is 0 Å². The van der Waals surface area contributed by atoms with Crippen molar-refractivity contribution in [2.24, 2.45) is 0 Å². The number of rotatable bonds is 3. The lowest BCUT2D eigenvalue weighted by atomic mass is 9.86. The van der Waals surface area contributed by atoms with Gasteiger partial charge < -0.3 is 14.8 Å². The van der Waals surface area contributed by atoms with Gasteiger partial charge in [0.05, 0.1) is 23.6 Å². The van der Waals surface area contributed by atoms with Gasteiger partial charge in [0.2, 0.25) is 0 Å². The van der Waals surface area contributed by atoms with Gasteiger partial charge in [-0.25, -0.2) is 4.79 Å². The van der Waals surface area contributed by atoms with Crippen LogP contribution in [-0.4, -0.2) is 28.6 Å². The average molecular weight is 287 g/mol. The van der Waals surface area contributed by atoms with Crippen LogP contribution < -0.4 is 0 Å². The van der Waals surface area contributed by atoms with Gasteiger partial charge in [-0.15, -0.1) is 0 Å². The monoisotopic (exact) mass is 287 g/mol. The molecule has 0 spiro atoms. The molecule has 0 unspecified atom stereocenters. The number of para-hydroxylation sites is 1. The highest BCUT2D eigenvalue weighted by molar-refractivity contribution is 6.04. The minimum absolute atomic E-state index is 0.234. The third kappa shape index (κ3) is 2.18. The van der Waals surface area contributed by atoms with Crippen LogP contribution in [-0.2, 0) is 16.0 Å². The van der Waals surface area contributed by atoms with E-state index in [0.29, 0.717) is 12.1 Å². The molecule has 0 amide bonds. The first-order valence-electron chi connectivity index (χ1n) is 7.16. The topological polar surface area (TPSA) is 79.4 Å². The summed E-state index contributed by atoms with van der Waals surface area (Å²) in [6.07, 6.45) is 2.50. The number of hydrogen-bond donors (Lipinski definition) is 2. The third-order valence-electron chi connectivity index (χ3n) is 4.04. The fourth-order valence-electron chi connectivity index (χ4n) is 3.14. The SMILES string of the molecule is CCOC(=O)[C@@H]1CCCc2c1[nH]c1c(C(=O)O)cccc21. The Balaban J connectivity index is 2.16. The molecule has 0 radical (unpaired) electrons. The number of aryl methyl sites for hydroxylation is 1. The van der Waals surface area contributed by atoms with Crippen molar-refractivity contribution in [1.29, 1.82) is 0 Å². The van der Waals surface area contributed by atoms with E-state index in [0.717, 1.165) is 35.9 Å². The normalized spacial score (nSPS) is 17.5. The Bertz CT molecular complexity index is 716. The number of aromatic nitrogens is 1. The molecular formula is C16H17NO4. The number of ether oxygens (including phenoxy) is 1. The van der Waals surface area contributed by atoms with Gasteiger partial charge in [-0.3, -0.25) is 4.79 Å². The number of aromatic carboxylic acids is 1. The molecule has 3 rings (SSSR count). The number of carbonyl (C=O) groups is 2. The number of H-pyrrole nitrogens is 1. The van der Waals surface area contributed by atoms with E-state index in [-0.39, 0.29) is 17.5 Å². The van der Waals surface area contributed by atoms with E-state index in [4.69, 9.17) is 4.74 Å². The van der Waals surface area contributed by atoms with Crippen LogP contribution >= 0.6 is 0 Å². The Morgan fingerprint density at radius 2 is 2.24 bits per heavy atom. The molecule has 21 heavy (non-hydrogen) atoms. The molecule has 5 heteroatoms. The van der Waals surface area contributed by atoms with Crippen molar-refractivity contribution < 1.29 is 19.4 Å². The van der Waals surface area contributed by atoms with E-state index < -0.39 is 5.97 Å². The summed E-state index contributed by atoms with van der Waals surface area (Å²) in [6.45, 7) is 2.14. The summed E-state index contributed by atoms with van der Waals surface area (Å²) >= 11 is 0. The molecule has 0 saturated carbocycles. The Labute approximate surface area is 121 Å². The minimum atomic E-state index is -0.966. The van der Waals surface area contributed by atoms with Crippen molar-refractivity contribution in [2.45, 2.75) is 32.1 Å². The van der Waals surface area contributed by atoms with E-state index >= 15 is 0 Å². The zero-order valence-electron chi connectivity index (χ0n) is 11.8. The lowest BCUT2D eigenvalue weighted by Gasteiger charge is -2.20. The number of nitrogens with one attached hydrogen (secondary N) is 1. The Hall–Kier alpha value is -2.30. The van der Waals surface area contributed by atoms with Crippen LogP contribution in [0.25, 0.3) is 10.9 Å². The van der Waals surface area contributed by atoms with Crippen LogP contribution in [0.15, 0.2) is 18.2 Å². The van der Waals surface area contributed by atoms with Crippen molar-refractivity contribution in [1.82, 2.24) is 4.98 Å². The molecule has 5 nitrogen and oxygen atoms in total. The van der Waals surface area contributed by atoms with Crippen LogP contribution in [0.2, 0.25) is 0 Å². The van der Waals surface area contributed by atoms with Gasteiger partial charge >= 0.3 is 11.9 Å². The molecule has 1 aliphatic rings. The fraction of sp³-hybridized carbons (Fsp3) is 0.375. The van der Waals surface area contributed by atoms with Crippen molar-refractivity contribution in [3.8, 4) is 0 Å². The third-order valence-corrected chi connectivity index (χ3v) is 4.04. The molecule has 0 fully saturated rings. The van der Waals surface area contributed by atoms with Crippen LogP contribution in [0, 0.1) is 0 Å². The number of fused-ring (bicyclic) bond motifs is 3. The van der Waals surface area contributed by atoms with Crippen molar-refractivity contribution >= 4 is 22.8 Å². The molecule has 1 atom stereocenters. The van der Waals surface area contributed by atoms with Gasteiger partial charge in [-0.05, 0) is 37.8 Å². The van der Waals surface area contributed by atoms with Crippen LogP contribution in [0.5, 0.6) is 0 Å². The summed E-state index contributed by atoms with van der Waals surface area (Å²) in [6, 6.07) is 5.23. The standard InChI is InChI=1S/C16H17NO4/c1-2-21-16(20)12-8-4-6-10-9-5-3-7-11(15(18)19)13(9)17-14(10)12/h3,5,7,12,17H,2,4,6,8H2,1H3,(H,18,19)/t12-/m1/s1. The highest BCUT2D eigenvalue weighted by atomic mass is 16.5. The first kappa shape index (κ1) is 13.7. The van der Waals surface area contributed by atoms with Crippen molar-refractivity contribution in [3.63, 3.8) is 0 Å². The number of benzene rings is 1. The molecule has 0 aliphatic heterocycles. The van der Waals surface area contributed by atoms with Gasteiger partial charge in [0.1, 0.15) is 0 Å². The van der Waals surface area contributed by atoms with Gasteiger partial charge in [0.25, 0.3) is 0 Å². The summed E-state index contributed by atoms with van der Waals surface area (Å²) in [5.41, 5.74) is 2.72. The summed E-state index contributed by atoms with van der Waals surface area (Å²) < 4.78 is 5.14. The first-order chi connectivity index (χ1) is 10.1. The van der Waals surface area contributed by atoms with E-state index in [9.17, 15) is 14.7 Å². The summed E-state index contributed by atoms with van der Waals surface area (Å²) in [7, 11) is 0. The zero-order valence-corrected chi connectivity index (χ0v) is 11.8. The van der Waals surface area contributed by atoms with E-state index in [1.165, 1.54) is 0 Å². The number of carboxylic acid groups (broad SMARTS) is 1. The maximum atomic E-state index is 12.1. The Morgan fingerprint density at radius 1 is 1.43 bits per heavy atom. The number of hydrogen-bond acceptors (Lipinski definition) is 3. The Kier molecular flexibility index (Phi) is 3.41. The van der Waals surface area contributed by atoms with Crippen LogP contribution in [0.1, 0.15) is 47.3 Å². The molecule has 1 heterocycles. The molecule has 1 aromatic heterocycles. The molecule has 2 N–H and O–H groups in total. The summed E-state index contributed by atoms with van der Waals surface area (Å²) in [4.78, 5) is 26.6. The highest BCUT2D eigenvalue weighted by Crippen LogP contribution is 2.37. The lowest BCUT2D eigenvalue weighted by Crippen LogP contribution is -2.20. The summed E-state index contributed by atoms with van der Waals surface area (Å²) in [5, 5.41) is 10.2. The largest absolute Gasteiger partial charge is 0.478 e. The summed E-state index contributed by atoms with van der Waals surface area (Å²) in [5.74, 6) is -1.52. The van der Waals surface area contributed by atoms with Gasteiger partial charge in [-0.1, -0.05) is 12.1 Å². The minimum Gasteiger partial charge on any atom is -0.478 e. The predicted molar refractivity (Wildman–Crippen MR) is 77.6 cm³/mol. The maximum absolute atomic E-state index is 12.1. The van der Waals surface area contributed by atoms with Crippen molar-refractivity contribution in [3.05, 3.63) is 35.0 Å². The van der Waals surface area contributed by atoms with Crippen LogP contribution in [0.4, 0.5) is 0 Å². The van der Waals surface area contributed by atoms with Crippen LogP contribution in [0.3, 0.4) is 0 Å². The van der Waals surface area contributed by atoms with E-state index in [2.05, 4.69) is 4.98 Å². The first-order valence-corrected chi connectivity index (χ1v) is 7.16. The molecule has 0 bridgehead atoms. The smallest absolute Gasteiger partial charge is 0.337 e. The molecule has 1 aliphatic carbocycles. The molecule has 0 saturated heterocycles. The predicted octanol–water partition coefficient (Wildman–Crippen LogP) is 2.85. The van der Waals surface area contributed by atoms with Gasteiger partial charge in [0.15, 0.2) is 0 Å².